The smallest absolute Gasteiger partial charge is 0.465 e. The van der Waals surface area contributed by atoms with Crippen molar-refractivity contribution < 1.29 is 27.4 Å². The molecule has 0 unspecified atom stereocenters. The molecule has 0 heterocycles. The predicted molar refractivity (Wildman–Crippen MR) is 70.7 cm³/mol. The van der Waals surface area contributed by atoms with Crippen LogP contribution in [0.15, 0.2) is 24.3 Å². The third-order valence-corrected chi connectivity index (χ3v) is 2.67. The fourth-order valence-electron chi connectivity index (χ4n) is 1.72. The summed E-state index contributed by atoms with van der Waals surface area (Å²) in [5, 5.41) is 0. The first-order valence-electron chi connectivity index (χ1n) is 6.56. The number of hydrogen-bond donors (Lipinski definition) is 0. The van der Waals surface area contributed by atoms with Crippen molar-refractivity contribution in [2.24, 2.45) is 0 Å². The molecular weight excluding hydrogens is 287 g/mol. The maximum atomic E-state index is 12.0. The van der Waals surface area contributed by atoms with Crippen LogP contribution in [0, 0.1) is 0 Å². The van der Waals surface area contributed by atoms with Gasteiger partial charge in [-0.3, -0.25) is 9.69 Å². The summed E-state index contributed by atoms with van der Waals surface area (Å²) in [4.78, 5) is 13.2. The minimum absolute atomic E-state index is 0.144. The third-order valence-electron chi connectivity index (χ3n) is 2.67. The van der Waals surface area contributed by atoms with Crippen molar-refractivity contribution in [3.8, 4) is 5.75 Å². The molecule has 0 bridgehead atoms. The first-order chi connectivity index (χ1) is 9.84. The number of halogens is 3. The molecular formula is C14H18F3NO3. The fraction of sp³-hybridized carbons (Fsp3) is 0.500. The summed E-state index contributed by atoms with van der Waals surface area (Å²) in [7, 11) is 0. The molecule has 0 fully saturated rings. The highest BCUT2D eigenvalue weighted by Crippen LogP contribution is 2.23. The lowest BCUT2D eigenvalue weighted by molar-refractivity contribution is -0.274. The zero-order chi connectivity index (χ0) is 15.9. The van der Waals surface area contributed by atoms with Crippen LogP contribution in [-0.2, 0) is 16.1 Å². The van der Waals surface area contributed by atoms with Gasteiger partial charge in [0, 0.05) is 6.54 Å². The van der Waals surface area contributed by atoms with E-state index >= 15 is 0 Å². The lowest BCUT2D eigenvalue weighted by atomic mass is 10.2. The highest BCUT2D eigenvalue weighted by molar-refractivity contribution is 5.71. The van der Waals surface area contributed by atoms with E-state index in [2.05, 4.69) is 4.74 Å². The van der Waals surface area contributed by atoms with Crippen LogP contribution in [-0.4, -0.2) is 36.9 Å². The second-order valence-electron chi connectivity index (χ2n) is 4.30. The molecule has 0 saturated heterocycles. The summed E-state index contributed by atoms with van der Waals surface area (Å²) >= 11 is 0. The van der Waals surface area contributed by atoms with Gasteiger partial charge in [-0.05, 0) is 31.2 Å². The monoisotopic (exact) mass is 305 g/mol. The number of esters is 1. The zero-order valence-electron chi connectivity index (χ0n) is 11.9. The van der Waals surface area contributed by atoms with Gasteiger partial charge in [-0.1, -0.05) is 19.1 Å². The minimum atomic E-state index is -4.69. The summed E-state index contributed by atoms with van der Waals surface area (Å²) in [6.45, 7) is 5.15. The number of hydrogen-bond acceptors (Lipinski definition) is 4. The van der Waals surface area contributed by atoms with E-state index < -0.39 is 6.36 Å². The number of ether oxygens (including phenoxy) is 2. The molecule has 0 aliphatic carbocycles. The number of rotatable bonds is 7. The van der Waals surface area contributed by atoms with E-state index in [9.17, 15) is 18.0 Å². The first-order valence-corrected chi connectivity index (χ1v) is 6.56. The lowest BCUT2D eigenvalue weighted by Crippen LogP contribution is -2.30. The van der Waals surface area contributed by atoms with Gasteiger partial charge >= 0.3 is 12.3 Å². The Bertz CT molecular complexity index is 446. The van der Waals surface area contributed by atoms with Crippen LogP contribution in [0.1, 0.15) is 19.4 Å². The molecule has 0 saturated carbocycles. The van der Waals surface area contributed by atoms with E-state index in [0.717, 1.165) is 5.56 Å². The summed E-state index contributed by atoms with van der Waals surface area (Å²) in [6, 6.07) is 5.58. The van der Waals surface area contributed by atoms with E-state index in [-0.39, 0.29) is 18.3 Å². The van der Waals surface area contributed by atoms with E-state index in [1.54, 1.807) is 6.92 Å². The molecule has 7 heteroatoms. The molecule has 0 spiro atoms. The average molecular weight is 305 g/mol. The highest BCUT2D eigenvalue weighted by Gasteiger charge is 2.30. The number of likely N-dealkylation sites (N-methyl/N-ethyl adjacent to an activating group) is 1. The molecule has 0 radical (unpaired) electrons. The van der Waals surface area contributed by atoms with Gasteiger partial charge in [0.15, 0.2) is 0 Å². The Hall–Kier alpha value is -1.76. The van der Waals surface area contributed by atoms with Crippen molar-refractivity contribution in [2.75, 3.05) is 19.7 Å². The van der Waals surface area contributed by atoms with Gasteiger partial charge in [-0.2, -0.15) is 0 Å². The third kappa shape index (κ3) is 6.99. The Balaban J connectivity index is 2.58. The maximum absolute atomic E-state index is 12.0. The van der Waals surface area contributed by atoms with Crippen LogP contribution in [0.5, 0.6) is 5.75 Å². The van der Waals surface area contributed by atoms with Gasteiger partial charge in [0.1, 0.15) is 5.75 Å². The molecule has 0 aromatic heterocycles. The molecule has 118 valence electrons. The van der Waals surface area contributed by atoms with Crippen LogP contribution in [0.25, 0.3) is 0 Å². The van der Waals surface area contributed by atoms with Crippen molar-refractivity contribution >= 4 is 5.97 Å². The Kier molecular flexibility index (Phi) is 6.48. The SMILES string of the molecule is CCOC(=O)CN(CC)Cc1ccc(OC(F)(F)F)cc1. The first kappa shape index (κ1) is 17.3. The van der Waals surface area contributed by atoms with Crippen LogP contribution in [0.3, 0.4) is 0 Å². The van der Waals surface area contributed by atoms with E-state index in [4.69, 9.17) is 4.74 Å². The molecule has 1 rings (SSSR count). The van der Waals surface area contributed by atoms with E-state index in [1.807, 2.05) is 11.8 Å². The molecule has 0 N–H and O–H groups in total. The fourth-order valence-corrected chi connectivity index (χ4v) is 1.72. The summed E-state index contributed by atoms with van der Waals surface area (Å²) < 4.78 is 44.8. The van der Waals surface area contributed by atoms with Gasteiger partial charge in [0.25, 0.3) is 0 Å². The van der Waals surface area contributed by atoms with Crippen molar-refractivity contribution in [3.05, 3.63) is 29.8 Å². The number of nitrogens with zero attached hydrogens (tertiary/aromatic N) is 1. The number of benzene rings is 1. The molecule has 0 amide bonds. The molecule has 4 nitrogen and oxygen atoms in total. The van der Waals surface area contributed by atoms with Crippen LogP contribution >= 0.6 is 0 Å². The van der Waals surface area contributed by atoms with Crippen molar-refractivity contribution in [1.29, 1.82) is 0 Å². The lowest BCUT2D eigenvalue weighted by Gasteiger charge is -2.19. The van der Waals surface area contributed by atoms with Crippen LogP contribution in [0.4, 0.5) is 13.2 Å². The normalized spacial score (nSPS) is 11.5. The number of alkyl halides is 3. The van der Waals surface area contributed by atoms with E-state index in [1.165, 1.54) is 24.3 Å². The molecule has 21 heavy (non-hydrogen) atoms. The predicted octanol–water partition coefficient (Wildman–Crippen LogP) is 2.97. The standard InChI is InChI=1S/C14H18F3NO3/c1-3-18(10-13(19)20-4-2)9-11-5-7-12(8-6-11)21-14(15,16)17/h5-8H,3-4,9-10H2,1-2H3. The number of carbonyl (C=O) groups excluding carboxylic acids is 1. The molecule has 1 aromatic rings. The van der Waals surface area contributed by atoms with Crippen LogP contribution < -0.4 is 4.74 Å². The molecule has 0 aliphatic heterocycles. The molecule has 0 atom stereocenters. The van der Waals surface area contributed by atoms with Crippen LogP contribution in [0.2, 0.25) is 0 Å². The molecule has 0 aliphatic rings. The largest absolute Gasteiger partial charge is 0.573 e. The maximum Gasteiger partial charge on any atom is 0.573 e. The summed E-state index contributed by atoms with van der Waals surface area (Å²) in [5.74, 6) is -0.587. The van der Waals surface area contributed by atoms with Crippen molar-refractivity contribution in [2.45, 2.75) is 26.8 Å². The Morgan fingerprint density at radius 3 is 2.29 bits per heavy atom. The van der Waals surface area contributed by atoms with Gasteiger partial charge in [0.05, 0.1) is 13.2 Å². The second kappa shape index (κ2) is 7.87. The van der Waals surface area contributed by atoms with Gasteiger partial charge in [-0.25, -0.2) is 0 Å². The van der Waals surface area contributed by atoms with Gasteiger partial charge in [-0.15, -0.1) is 13.2 Å². The Labute approximate surface area is 121 Å². The average Bonchev–Trinajstić information content (AvgIpc) is 2.38. The van der Waals surface area contributed by atoms with Crippen molar-refractivity contribution in [1.82, 2.24) is 4.90 Å². The second-order valence-corrected chi connectivity index (χ2v) is 4.30. The Morgan fingerprint density at radius 1 is 1.19 bits per heavy atom. The minimum Gasteiger partial charge on any atom is -0.465 e. The van der Waals surface area contributed by atoms with Gasteiger partial charge < -0.3 is 9.47 Å². The summed E-state index contributed by atoms with van der Waals surface area (Å²) in [6.07, 6.45) is -4.69. The molecule has 1 aromatic carbocycles. The van der Waals surface area contributed by atoms with Crippen molar-refractivity contribution in [3.63, 3.8) is 0 Å². The zero-order valence-corrected chi connectivity index (χ0v) is 11.9. The quantitative estimate of drug-likeness (QED) is 0.726. The topological polar surface area (TPSA) is 38.8 Å². The summed E-state index contributed by atoms with van der Waals surface area (Å²) in [5.41, 5.74) is 0.788. The highest BCUT2D eigenvalue weighted by atomic mass is 19.4. The number of carbonyl (C=O) groups is 1. The Morgan fingerprint density at radius 2 is 1.81 bits per heavy atom. The van der Waals surface area contributed by atoms with E-state index in [0.29, 0.717) is 19.7 Å². The van der Waals surface area contributed by atoms with Gasteiger partial charge in [0.2, 0.25) is 0 Å².